The quantitative estimate of drug-likeness (QED) is 0.563. The van der Waals surface area contributed by atoms with Gasteiger partial charge >= 0.3 is 0 Å². The summed E-state index contributed by atoms with van der Waals surface area (Å²) >= 11 is 1.37. The minimum absolute atomic E-state index is 0.0799. The molecule has 0 saturated carbocycles. The molecule has 12 heavy (non-hydrogen) atoms. The van der Waals surface area contributed by atoms with E-state index in [1.807, 2.05) is 6.07 Å². The minimum atomic E-state index is -0.0799. The maximum atomic E-state index is 10.9. The molecule has 0 aliphatic carbocycles. The van der Waals surface area contributed by atoms with Crippen LogP contribution >= 0.6 is 11.8 Å². The van der Waals surface area contributed by atoms with Gasteiger partial charge in [0.05, 0.1) is 24.8 Å². The first-order chi connectivity index (χ1) is 5.81. The second-order valence-electron chi connectivity index (χ2n) is 2.03. The lowest BCUT2D eigenvalue weighted by atomic mass is 10.4. The van der Waals surface area contributed by atoms with Crippen molar-refractivity contribution in [3.8, 4) is 6.07 Å². The molecule has 0 aliphatic rings. The first-order valence-corrected chi connectivity index (χ1v) is 4.79. The predicted octanol–water partition coefficient (Wildman–Crippen LogP) is -0.258. The summed E-state index contributed by atoms with van der Waals surface area (Å²) in [5, 5.41) is 19.1. The average Bonchev–Trinajstić information content (AvgIpc) is 2.06. The highest BCUT2D eigenvalue weighted by molar-refractivity contribution is 7.99. The fourth-order valence-corrected chi connectivity index (χ4v) is 1.10. The van der Waals surface area contributed by atoms with Crippen LogP contribution in [0, 0.1) is 11.3 Å². The van der Waals surface area contributed by atoms with Gasteiger partial charge in [0.2, 0.25) is 5.91 Å². The molecule has 0 fully saturated rings. The van der Waals surface area contributed by atoms with Crippen molar-refractivity contribution in [2.75, 3.05) is 24.7 Å². The molecule has 68 valence electrons. The molecule has 0 aromatic rings. The fourth-order valence-electron chi connectivity index (χ4n) is 0.538. The van der Waals surface area contributed by atoms with E-state index in [0.717, 1.165) is 0 Å². The van der Waals surface area contributed by atoms with Gasteiger partial charge in [-0.15, -0.1) is 11.8 Å². The van der Waals surface area contributed by atoms with Crippen molar-refractivity contribution >= 4 is 17.7 Å². The molecule has 0 rings (SSSR count). The number of aliphatic hydroxyl groups is 1. The normalized spacial score (nSPS) is 9.00. The van der Waals surface area contributed by atoms with E-state index in [0.29, 0.717) is 24.5 Å². The third kappa shape index (κ3) is 7.38. The summed E-state index contributed by atoms with van der Waals surface area (Å²) in [6, 6.07) is 1.93. The molecule has 2 N–H and O–H groups in total. The van der Waals surface area contributed by atoms with Crippen molar-refractivity contribution in [1.82, 2.24) is 5.32 Å². The minimum Gasteiger partial charge on any atom is -0.396 e. The number of amides is 1. The Bertz CT molecular complexity index is 167. The number of hydrogen-bond donors (Lipinski definition) is 2. The molecule has 0 aromatic heterocycles. The zero-order valence-corrected chi connectivity index (χ0v) is 7.56. The van der Waals surface area contributed by atoms with E-state index in [2.05, 4.69) is 5.32 Å². The van der Waals surface area contributed by atoms with Gasteiger partial charge in [-0.2, -0.15) is 5.26 Å². The summed E-state index contributed by atoms with van der Waals surface area (Å²) < 4.78 is 0. The summed E-state index contributed by atoms with van der Waals surface area (Å²) in [4.78, 5) is 10.9. The number of carbonyl (C=O) groups is 1. The second kappa shape index (κ2) is 8.37. The SMILES string of the molecule is N#CCCNC(=O)CSCCO. The predicted molar refractivity (Wildman–Crippen MR) is 47.7 cm³/mol. The molecular formula is C7H12N2O2S. The van der Waals surface area contributed by atoms with Crippen LogP contribution in [0.15, 0.2) is 0 Å². The van der Waals surface area contributed by atoms with Crippen LogP contribution in [0.5, 0.6) is 0 Å². The summed E-state index contributed by atoms with van der Waals surface area (Å²) in [5.74, 6) is 0.848. The molecule has 0 bridgehead atoms. The van der Waals surface area contributed by atoms with Gasteiger partial charge in [-0.25, -0.2) is 0 Å². The van der Waals surface area contributed by atoms with Crippen LogP contribution in [0.2, 0.25) is 0 Å². The van der Waals surface area contributed by atoms with Gasteiger partial charge in [0.1, 0.15) is 0 Å². The second-order valence-corrected chi connectivity index (χ2v) is 3.14. The molecule has 0 heterocycles. The van der Waals surface area contributed by atoms with Gasteiger partial charge < -0.3 is 10.4 Å². The molecule has 0 atom stereocenters. The third-order valence-electron chi connectivity index (χ3n) is 1.03. The fraction of sp³-hybridized carbons (Fsp3) is 0.714. The van der Waals surface area contributed by atoms with Crippen molar-refractivity contribution in [2.24, 2.45) is 0 Å². The summed E-state index contributed by atoms with van der Waals surface area (Å²) in [7, 11) is 0. The molecule has 4 nitrogen and oxygen atoms in total. The molecule has 0 aliphatic heterocycles. The van der Waals surface area contributed by atoms with Gasteiger partial charge in [-0.3, -0.25) is 4.79 Å². The number of nitrogens with zero attached hydrogens (tertiary/aromatic N) is 1. The highest BCUT2D eigenvalue weighted by Gasteiger charge is 1.98. The number of nitrogens with one attached hydrogen (secondary N) is 1. The Kier molecular flexibility index (Phi) is 7.86. The van der Waals surface area contributed by atoms with E-state index < -0.39 is 0 Å². The molecule has 0 radical (unpaired) electrons. The molecule has 1 amide bonds. The Hall–Kier alpha value is -0.730. The van der Waals surface area contributed by atoms with Crippen molar-refractivity contribution in [3.63, 3.8) is 0 Å². The number of aliphatic hydroxyl groups excluding tert-OH is 1. The maximum absolute atomic E-state index is 10.9. The Morgan fingerprint density at radius 1 is 1.67 bits per heavy atom. The van der Waals surface area contributed by atoms with Crippen molar-refractivity contribution < 1.29 is 9.90 Å². The smallest absolute Gasteiger partial charge is 0.230 e. The van der Waals surface area contributed by atoms with Crippen molar-refractivity contribution in [3.05, 3.63) is 0 Å². The molecule has 0 aromatic carbocycles. The molecule has 5 heteroatoms. The highest BCUT2D eigenvalue weighted by atomic mass is 32.2. The van der Waals surface area contributed by atoms with Crippen LogP contribution in [0.1, 0.15) is 6.42 Å². The Balaban J connectivity index is 3.17. The first-order valence-electron chi connectivity index (χ1n) is 3.63. The molecule has 0 saturated heterocycles. The maximum Gasteiger partial charge on any atom is 0.230 e. The van der Waals surface area contributed by atoms with E-state index in [-0.39, 0.29) is 12.5 Å². The van der Waals surface area contributed by atoms with Crippen molar-refractivity contribution in [1.29, 1.82) is 5.26 Å². The monoisotopic (exact) mass is 188 g/mol. The van der Waals surface area contributed by atoms with E-state index >= 15 is 0 Å². The number of hydrogen-bond acceptors (Lipinski definition) is 4. The van der Waals surface area contributed by atoms with E-state index in [1.54, 1.807) is 0 Å². The van der Waals surface area contributed by atoms with Crippen LogP contribution < -0.4 is 5.32 Å². The molecular weight excluding hydrogens is 176 g/mol. The topological polar surface area (TPSA) is 73.1 Å². The summed E-state index contributed by atoms with van der Waals surface area (Å²) in [6.45, 7) is 0.505. The lowest BCUT2D eigenvalue weighted by molar-refractivity contribution is -0.118. The van der Waals surface area contributed by atoms with Gasteiger partial charge in [0.25, 0.3) is 0 Å². The van der Waals surface area contributed by atoms with Crippen LogP contribution in [0.25, 0.3) is 0 Å². The number of carbonyl (C=O) groups excluding carboxylic acids is 1. The Morgan fingerprint density at radius 2 is 2.42 bits per heavy atom. The van der Waals surface area contributed by atoms with Gasteiger partial charge in [-0.05, 0) is 0 Å². The summed E-state index contributed by atoms with van der Waals surface area (Å²) in [6.07, 6.45) is 0.344. The van der Waals surface area contributed by atoms with Crippen LogP contribution in [0.4, 0.5) is 0 Å². The van der Waals surface area contributed by atoms with Crippen LogP contribution in [-0.4, -0.2) is 35.7 Å². The number of thioether (sulfide) groups is 1. The zero-order valence-electron chi connectivity index (χ0n) is 6.75. The summed E-state index contributed by atoms with van der Waals surface area (Å²) in [5.41, 5.74) is 0. The van der Waals surface area contributed by atoms with Gasteiger partial charge in [-0.1, -0.05) is 0 Å². The Morgan fingerprint density at radius 3 is 3.00 bits per heavy atom. The average molecular weight is 188 g/mol. The van der Waals surface area contributed by atoms with Gasteiger partial charge in [0, 0.05) is 12.3 Å². The zero-order chi connectivity index (χ0) is 9.23. The number of rotatable bonds is 6. The van der Waals surface area contributed by atoms with E-state index in [1.165, 1.54) is 11.8 Å². The lowest BCUT2D eigenvalue weighted by Gasteiger charge is -2.00. The standard InChI is InChI=1S/C7H12N2O2S/c8-2-1-3-9-7(11)6-12-5-4-10/h10H,1,3-6H2,(H,9,11). The highest BCUT2D eigenvalue weighted by Crippen LogP contribution is 1.96. The van der Waals surface area contributed by atoms with Crippen LogP contribution in [-0.2, 0) is 4.79 Å². The van der Waals surface area contributed by atoms with E-state index in [9.17, 15) is 4.79 Å². The molecule has 0 unspecified atom stereocenters. The number of nitriles is 1. The third-order valence-corrected chi connectivity index (χ3v) is 1.97. The van der Waals surface area contributed by atoms with E-state index in [4.69, 9.17) is 10.4 Å². The largest absolute Gasteiger partial charge is 0.396 e. The van der Waals surface area contributed by atoms with Gasteiger partial charge in [0.15, 0.2) is 0 Å². The lowest BCUT2D eigenvalue weighted by Crippen LogP contribution is -2.26. The van der Waals surface area contributed by atoms with Crippen LogP contribution in [0.3, 0.4) is 0 Å². The Labute approximate surface area is 76.0 Å². The molecule has 0 spiro atoms. The first kappa shape index (κ1) is 11.3. The van der Waals surface area contributed by atoms with Crippen molar-refractivity contribution in [2.45, 2.75) is 6.42 Å².